The van der Waals surface area contributed by atoms with Crippen molar-refractivity contribution in [2.24, 2.45) is 0 Å². The summed E-state index contributed by atoms with van der Waals surface area (Å²) in [6.07, 6.45) is -3.18. The molecule has 1 aromatic heterocycles. The van der Waals surface area contributed by atoms with Gasteiger partial charge in [0, 0.05) is 24.0 Å². The molecule has 0 unspecified atom stereocenters. The molecule has 6 nitrogen and oxygen atoms in total. The lowest BCUT2D eigenvalue weighted by molar-refractivity contribution is -0.137. The van der Waals surface area contributed by atoms with E-state index in [1.54, 1.807) is 24.3 Å². The summed E-state index contributed by atoms with van der Waals surface area (Å²) >= 11 is 0. The van der Waals surface area contributed by atoms with Gasteiger partial charge in [0.25, 0.3) is 0 Å². The Labute approximate surface area is 182 Å². The number of halogens is 3. The van der Waals surface area contributed by atoms with E-state index >= 15 is 0 Å². The number of hydrogen-bond acceptors (Lipinski definition) is 4. The average molecular weight is 442 g/mol. The lowest BCUT2D eigenvalue weighted by atomic mass is 10.1. The number of amides is 2. The zero-order chi connectivity index (χ0) is 22.7. The van der Waals surface area contributed by atoms with Gasteiger partial charge in [0.1, 0.15) is 11.9 Å². The van der Waals surface area contributed by atoms with E-state index in [9.17, 15) is 22.8 Å². The van der Waals surface area contributed by atoms with Crippen molar-refractivity contribution in [3.63, 3.8) is 0 Å². The van der Waals surface area contributed by atoms with Crippen LogP contribution in [0.1, 0.15) is 24.0 Å². The SMILES string of the molecule is O=C(CCc1ccc(C(F)(F)F)cc1)Nc1ccc2nc(N[C@H]3CCNC3=O)ccc2c1. The molecular weight excluding hydrogens is 421 g/mol. The topological polar surface area (TPSA) is 83.1 Å². The molecule has 1 aliphatic rings. The second-order valence-corrected chi connectivity index (χ2v) is 7.62. The maximum absolute atomic E-state index is 12.6. The van der Waals surface area contributed by atoms with Crippen LogP contribution in [0.15, 0.2) is 54.6 Å². The molecule has 0 bridgehead atoms. The van der Waals surface area contributed by atoms with Crippen LogP contribution in [0.5, 0.6) is 0 Å². The predicted molar refractivity (Wildman–Crippen MR) is 115 cm³/mol. The Bertz CT molecular complexity index is 1150. The number of anilines is 2. The molecule has 0 aliphatic carbocycles. The summed E-state index contributed by atoms with van der Waals surface area (Å²) in [5.74, 6) is 0.330. The van der Waals surface area contributed by atoms with Crippen LogP contribution in [0.4, 0.5) is 24.7 Å². The highest BCUT2D eigenvalue weighted by atomic mass is 19.4. The molecule has 3 aromatic rings. The van der Waals surface area contributed by atoms with Crippen molar-refractivity contribution < 1.29 is 22.8 Å². The van der Waals surface area contributed by atoms with Crippen LogP contribution in [-0.4, -0.2) is 29.4 Å². The lowest BCUT2D eigenvalue weighted by Gasteiger charge is -2.12. The Kier molecular flexibility index (Phi) is 5.98. The lowest BCUT2D eigenvalue weighted by Crippen LogP contribution is -2.29. The van der Waals surface area contributed by atoms with Crippen molar-refractivity contribution in [3.8, 4) is 0 Å². The molecule has 1 fully saturated rings. The molecule has 0 spiro atoms. The number of carbonyl (C=O) groups is 2. The number of nitrogens with zero attached hydrogens (tertiary/aromatic N) is 1. The van der Waals surface area contributed by atoms with Crippen LogP contribution in [0.2, 0.25) is 0 Å². The van der Waals surface area contributed by atoms with Gasteiger partial charge in [-0.1, -0.05) is 12.1 Å². The van der Waals surface area contributed by atoms with Gasteiger partial charge in [-0.2, -0.15) is 13.2 Å². The third-order valence-electron chi connectivity index (χ3n) is 5.27. The number of benzene rings is 2. The van der Waals surface area contributed by atoms with E-state index < -0.39 is 11.7 Å². The van der Waals surface area contributed by atoms with Crippen molar-refractivity contribution in [3.05, 3.63) is 65.7 Å². The first-order chi connectivity index (χ1) is 15.3. The summed E-state index contributed by atoms with van der Waals surface area (Å²) in [7, 11) is 0. The molecular formula is C23H21F3N4O2. The molecule has 1 aliphatic heterocycles. The smallest absolute Gasteiger partial charge is 0.358 e. The van der Waals surface area contributed by atoms with Gasteiger partial charge in [0.05, 0.1) is 11.1 Å². The highest BCUT2D eigenvalue weighted by Crippen LogP contribution is 2.29. The number of carbonyl (C=O) groups excluding carboxylic acids is 2. The fraction of sp³-hybridized carbons (Fsp3) is 0.261. The van der Waals surface area contributed by atoms with Gasteiger partial charge >= 0.3 is 6.18 Å². The van der Waals surface area contributed by atoms with Crippen molar-refractivity contribution in [2.75, 3.05) is 17.2 Å². The largest absolute Gasteiger partial charge is 0.416 e. The number of alkyl halides is 3. The first-order valence-corrected chi connectivity index (χ1v) is 10.2. The highest BCUT2D eigenvalue weighted by Gasteiger charge is 2.29. The predicted octanol–water partition coefficient (Wildman–Crippen LogP) is 4.13. The molecule has 2 heterocycles. The molecule has 166 valence electrons. The van der Waals surface area contributed by atoms with E-state index in [4.69, 9.17) is 0 Å². The van der Waals surface area contributed by atoms with Crippen molar-refractivity contribution in [1.29, 1.82) is 0 Å². The minimum absolute atomic E-state index is 0.0405. The quantitative estimate of drug-likeness (QED) is 0.536. The summed E-state index contributed by atoms with van der Waals surface area (Å²) in [6.45, 7) is 0.645. The molecule has 32 heavy (non-hydrogen) atoms. The highest BCUT2D eigenvalue weighted by molar-refractivity contribution is 5.94. The van der Waals surface area contributed by atoms with Crippen molar-refractivity contribution in [1.82, 2.24) is 10.3 Å². The number of pyridine rings is 1. The summed E-state index contributed by atoms with van der Waals surface area (Å²) in [6, 6.07) is 13.5. The molecule has 4 rings (SSSR count). The average Bonchev–Trinajstić information content (AvgIpc) is 3.16. The molecule has 2 aromatic carbocycles. The number of aromatic nitrogens is 1. The Hall–Kier alpha value is -3.62. The summed E-state index contributed by atoms with van der Waals surface area (Å²) < 4.78 is 37.9. The monoisotopic (exact) mass is 442 g/mol. The third kappa shape index (κ3) is 5.16. The van der Waals surface area contributed by atoms with Crippen LogP contribution in [0, 0.1) is 0 Å². The van der Waals surface area contributed by atoms with Crippen LogP contribution >= 0.6 is 0 Å². The van der Waals surface area contributed by atoms with Crippen molar-refractivity contribution in [2.45, 2.75) is 31.5 Å². The van der Waals surface area contributed by atoms with Crippen LogP contribution < -0.4 is 16.0 Å². The first-order valence-electron chi connectivity index (χ1n) is 10.2. The number of aryl methyl sites for hydroxylation is 1. The maximum Gasteiger partial charge on any atom is 0.416 e. The number of fused-ring (bicyclic) bond motifs is 1. The Morgan fingerprint density at radius 3 is 2.56 bits per heavy atom. The second kappa shape index (κ2) is 8.86. The van der Waals surface area contributed by atoms with Crippen LogP contribution in [-0.2, 0) is 22.2 Å². The number of nitrogens with one attached hydrogen (secondary N) is 3. The molecule has 0 radical (unpaired) electrons. The van der Waals surface area contributed by atoms with Gasteiger partial charge < -0.3 is 16.0 Å². The van der Waals surface area contributed by atoms with E-state index in [0.29, 0.717) is 36.5 Å². The van der Waals surface area contributed by atoms with Crippen molar-refractivity contribution >= 4 is 34.2 Å². The fourth-order valence-corrected chi connectivity index (χ4v) is 3.54. The maximum atomic E-state index is 12.6. The van der Waals surface area contributed by atoms with E-state index in [0.717, 1.165) is 23.0 Å². The number of rotatable bonds is 6. The third-order valence-corrected chi connectivity index (χ3v) is 5.27. The Balaban J connectivity index is 1.34. The Morgan fingerprint density at radius 1 is 1.09 bits per heavy atom. The number of hydrogen-bond donors (Lipinski definition) is 3. The van der Waals surface area contributed by atoms with Gasteiger partial charge in [-0.3, -0.25) is 9.59 Å². The molecule has 0 saturated carbocycles. The Morgan fingerprint density at radius 2 is 1.88 bits per heavy atom. The van der Waals surface area contributed by atoms with Gasteiger partial charge in [-0.05, 0) is 60.9 Å². The van der Waals surface area contributed by atoms with E-state index in [1.807, 2.05) is 6.07 Å². The second-order valence-electron chi connectivity index (χ2n) is 7.62. The standard InChI is InChI=1S/C23H21F3N4O2/c24-23(25,26)16-5-1-14(2-6-16)3-10-21(31)28-17-7-8-18-15(13-17)4-9-20(29-18)30-19-11-12-27-22(19)32/h1-2,4-9,13,19H,3,10-12H2,(H,27,32)(H,28,31)(H,29,30)/t19-/m0/s1. The van der Waals surface area contributed by atoms with Crippen LogP contribution in [0.3, 0.4) is 0 Å². The van der Waals surface area contributed by atoms with Gasteiger partial charge in [-0.15, -0.1) is 0 Å². The zero-order valence-corrected chi connectivity index (χ0v) is 17.0. The van der Waals surface area contributed by atoms with Gasteiger partial charge in [-0.25, -0.2) is 4.98 Å². The zero-order valence-electron chi connectivity index (χ0n) is 17.0. The van der Waals surface area contributed by atoms with Gasteiger partial charge in [0.15, 0.2) is 0 Å². The summed E-state index contributed by atoms with van der Waals surface area (Å²) in [5, 5.41) is 9.52. The summed E-state index contributed by atoms with van der Waals surface area (Å²) in [5.41, 5.74) is 1.27. The normalized spacial score (nSPS) is 16.1. The molecule has 3 N–H and O–H groups in total. The molecule has 9 heteroatoms. The minimum Gasteiger partial charge on any atom is -0.358 e. The van der Waals surface area contributed by atoms with E-state index in [2.05, 4.69) is 20.9 Å². The first kappa shape index (κ1) is 21.6. The minimum atomic E-state index is -4.37. The van der Waals surface area contributed by atoms with E-state index in [-0.39, 0.29) is 24.3 Å². The molecule has 1 saturated heterocycles. The summed E-state index contributed by atoms with van der Waals surface area (Å²) in [4.78, 5) is 28.5. The fourth-order valence-electron chi connectivity index (χ4n) is 3.54. The molecule has 1 atom stereocenters. The van der Waals surface area contributed by atoms with Gasteiger partial charge in [0.2, 0.25) is 11.8 Å². The van der Waals surface area contributed by atoms with E-state index in [1.165, 1.54) is 12.1 Å². The van der Waals surface area contributed by atoms with Crippen LogP contribution in [0.25, 0.3) is 10.9 Å². The molecule has 2 amide bonds.